The highest BCUT2D eigenvalue weighted by atomic mass is 19.4. The monoisotopic (exact) mass is 447 g/mol. The second kappa shape index (κ2) is 8.91. The van der Waals surface area contributed by atoms with Crippen LogP contribution < -0.4 is 5.53 Å². The molecule has 0 aliphatic carbocycles. The molecule has 1 aliphatic heterocycles. The maximum absolute atomic E-state index is 13.7. The molecule has 2 heterocycles. The predicted octanol–water partition coefficient (Wildman–Crippen LogP) is 4.34. The summed E-state index contributed by atoms with van der Waals surface area (Å²) in [6.45, 7) is 1.25. The highest BCUT2D eigenvalue weighted by Crippen LogP contribution is 2.38. The molecule has 3 rings (SSSR count). The Bertz CT molecular complexity index is 902. The van der Waals surface area contributed by atoms with Gasteiger partial charge in [-0.15, -0.1) is 0 Å². The Morgan fingerprint density at radius 3 is 2.45 bits per heavy atom. The Kier molecular flexibility index (Phi) is 6.65. The third kappa shape index (κ3) is 5.59. The number of piperidine rings is 1. The molecule has 1 saturated heterocycles. The van der Waals surface area contributed by atoms with E-state index in [-0.39, 0.29) is 23.5 Å². The number of benzene rings is 1. The van der Waals surface area contributed by atoms with Crippen molar-refractivity contribution in [2.24, 2.45) is 5.10 Å². The number of aromatic nitrogens is 1. The van der Waals surface area contributed by atoms with Gasteiger partial charge in [0.1, 0.15) is 5.71 Å². The third-order valence-electron chi connectivity index (χ3n) is 5.19. The minimum Gasteiger partial charge on any atom is -0.360 e. The number of rotatable bonds is 5. The lowest BCUT2D eigenvalue weighted by atomic mass is 9.97. The predicted molar refractivity (Wildman–Crippen MR) is 104 cm³/mol. The maximum Gasteiger partial charge on any atom is 0.417 e. The molecule has 0 radical (unpaired) electrons. The zero-order valence-corrected chi connectivity index (χ0v) is 17.0. The van der Waals surface area contributed by atoms with Gasteiger partial charge in [0.15, 0.2) is 0 Å². The van der Waals surface area contributed by atoms with Gasteiger partial charge in [0.05, 0.1) is 16.8 Å². The first-order chi connectivity index (χ1) is 14.5. The molecule has 0 saturated carbocycles. The molecule has 2 N–H and O–H groups in total. The third-order valence-corrected chi connectivity index (χ3v) is 5.19. The first-order valence-corrected chi connectivity index (χ1v) is 9.64. The van der Waals surface area contributed by atoms with E-state index in [4.69, 9.17) is 0 Å². The number of halogens is 6. The zero-order valence-electron chi connectivity index (χ0n) is 17.0. The standard InChI is InChI=1S/C20H23F6N5/c1-30(2)14-5-4-10-31(12-14)29-28-18(17-6-3-9-27-17)15-8-7-13(19(21,22)23)11-16(15)20(24,25)26/h3,6-9,11,14,27,29H,4-5,10,12H2,1-2H3/b28-18-. The van der Waals surface area contributed by atoms with Crippen molar-refractivity contribution in [1.29, 1.82) is 0 Å². The highest BCUT2D eigenvalue weighted by Gasteiger charge is 2.39. The summed E-state index contributed by atoms with van der Waals surface area (Å²) in [6, 6.07) is 4.90. The first kappa shape index (κ1) is 23.1. The van der Waals surface area contributed by atoms with Crippen LogP contribution in [0.5, 0.6) is 0 Å². The highest BCUT2D eigenvalue weighted by molar-refractivity contribution is 6.12. The van der Waals surface area contributed by atoms with Crippen molar-refractivity contribution in [3.05, 3.63) is 58.9 Å². The largest absolute Gasteiger partial charge is 0.417 e. The van der Waals surface area contributed by atoms with E-state index in [1.165, 1.54) is 12.3 Å². The fourth-order valence-corrected chi connectivity index (χ4v) is 3.49. The van der Waals surface area contributed by atoms with E-state index in [2.05, 4.69) is 20.5 Å². The van der Waals surface area contributed by atoms with Crippen LogP contribution in [0.3, 0.4) is 0 Å². The van der Waals surface area contributed by atoms with Gasteiger partial charge in [-0.25, -0.2) is 10.5 Å². The van der Waals surface area contributed by atoms with Crippen LogP contribution in [0, 0.1) is 0 Å². The topological polar surface area (TPSA) is 46.7 Å². The minimum absolute atomic E-state index is 0.122. The van der Waals surface area contributed by atoms with Crippen molar-refractivity contribution in [2.75, 3.05) is 27.2 Å². The molecule has 1 fully saturated rings. The summed E-state index contributed by atoms with van der Waals surface area (Å²) >= 11 is 0. The van der Waals surface area contributed by atoms with Crippen LogP contribution in [0.1, 0.15) is 35.2 Å². The van der Waals surface area contributed by atoms with Gasteiger partial charge in [0, 0.05) is 30.9 Å². The number of nitrogens with one attached hydrogen (secondary N) is 2. The molecule has 1 aromatic carbocycles. The molecular weight excluding hydrogens is 424 g/mol. The van der Waals surface area contributed by atoms with E-state index < -0.39 is 29.0 Å². The Morgan fingerprint density at radius 2 is 1.87 bits per heavy atom. The number of H-pyrrole nitrogens is 1. The first-order valence-electron chi connectivity index (χ1n) is 9.64. The average Bonchev–Trinajstić information content (AvgIpc) is 3.21. The maximum atomic E-state index is 13.7. The van der Waals surface area contributed by atoms with Gasteiger partial charge in [-0.2, -0.15) is 31.4 Å². The number of nitrogens with zero attached hydrogens (tertiary/aromatic N) is 3. The smallest absolute Gasteiger partial charge is 0.360 e. The zero-order chi connectivity index (χ0) is 22.8. The molecule has 1 aromatic heterocycles. The number of likely N-dealkylation sites (N-methyl/N-ethyl adjacent to an activating group) is 1. The van der Waals surface area contributed by atoms with Crippen molar-refractivity contribution in [1.82, 2.24) is 20.4 Å². The average molecular weight is 447 g/mol. The molecule has 170 valence electrons. The van der Waals surface area contributed by atoms with E-state index in [0.29, 0.717) is 19.2 Å². The van der Waals surface area contributed by atoms with E-state index in [1.807, 2.05) is 14.1 Å². The lowest BCUT2D eigenvalue weighted by Crippen LogP contribution is -2.49. The fourth-order valence-electron chi connectivity index (χ4n) is 3.49. The molecule has 0 spiro atoms. The summed E-state index contributed by atoms with van der Waals surface area (Å²) in [4.78, 5) is 4.84. The number of alkyl halides is 6. The molecule has 0 amide bonds. The van der Waals surface area contributed by atoms with Crippen LogP contribution >= 0.6 is 0 Å². The molecule has 0 bridgehead atoms. The number of hydrogen-bond acceptors (Lipinski definition) is 4. The Balaban J connectivity index is 2.01. The van der Waals surface area contributed by atoms with Crippen molar-refractivity contribution in [3.63, 3.8) is 0 Å². The van der Waals surface area contributed by atoms with E-state index in [1.54, 1.807) is 11.1 Å². The van der Waals surface area contributed by atoms with Gasteiger partial charge in [0.25, 0.3) is 0 Å². The summed E-state index contributed by atoms with van der Waals surface area (Å²) in [5, 5.41) is 5.97. The van der Waals surface area contributed by atoms with Crippen LogP contribution in [-0.4, -0.2) is 53.8 Å². The van der Waals surface area contributed by atoms with Crippen LogP contribution in [0.2, 0.25) is 0 Å². The summed E-state index contributed by atoms with van der Waals surface area (Å²) < 4.78 is 80.1. The normalized spacial score (nSPS) is 19.1. The van der Waals surface area contributed by atoms with E-state index in [0.717, 1.165) is 18.9 Å². The van der Waals surface area contributed by atoms with Crippen molar-refractivity contribution >= 4 is 5.71 Å². The van der Waals surface area contributed by atoms with Crippen molar-refractivity contribution in [2.45, 2.75) is 31.2 Å². The summed E-state index contributed by atoms with van der Waals surface area (Å²) in [5.74, 6) is 0. The van der Waals surface area contributed by atoms with Crippen LogP contribution in [-0.2, 0) is 12.4 Å². The summed E-state index contributed by atoms with van der Waals surface area (Å²) in [5.41, 5.74) is -0.292. The second-order valence-corrected chi connectivity index (χ2v) is 7.61. The minimum atomic E-state index is -4.99. The second-order valence-electron chi connectivity index (χ2n) is 7.61. The molecule has 1 aliphatic rings. The fraction of sp³-hybridized carbons (Fsp3) is 0.450. The van der Waals surface area contributed by atoms with Crippen LogP contribution in [0.15, 0.2) is 41.6 Å². The van der Waals surface area contributed by atoms with Crippen LogP contribution in [0.4, 0.5) is 26.3 Å². The van der Waals surface area contributed by atoms with Crippen molar-refractivity contribution in [3.8, 4) is 0 Å². The van der Waals surface area contributed by atoms with Crippen molar-refractivity contribution < 1.29 is 26.3 Å². The molecule has 11 heteroatoms. The quantitative estimate of drug-likeness (QED) is 0.408. The molecule has 31 heavy (non-hydrogen) atoms. The van der Waals surface area contributed by atoms with Gasteiger partial charge in [-0.05, 0) is 51.2 Å². The van der Waals surface area contributed by atoms with E-state index in [9.17, 15) is 26.3 Å². The lowest BCUT2D eigenvalue weighted by Gasteiger charge is -2.35. The molecule has 5 nitrogen and oxygen atoms in total. The summed E-state index contributed by atoms with van der Waals surface area (Å²) in [7, 11) is 3.89. The van der Waals surface area contributed by atoms with Gasteiger partial charge in [-0.1, -0.05) is 6.07 Å². The van der Waals surface area contributed by atoms with Gasteiger partial charge < -0.3 is 9.88 Å². The van der Waals surface area contributed by atoms with Gasteiger partial charge >= 0.3 is 12.4 Å². The number of hydrazine groups is 1. The van der Waals surface area contributed by atoms with E-state index >= 15 is 0 Å². The van der Waals surface area contributed by atoms with Gasteiger partial charge in [0.2, 0.25) is 0 Å². The number of hydrogen-bond donors (Lipinski definition) is 2. The SMILES string of the molecule is CN(C)C1CCCN(N/N=C(\c2ccc[nH]2)c2ccc(C(F)(F)F)cc2C(F)(F)F)C1. The molecule has 1 atom stereocenters. The Morgan fingerprint density at radius 1 is 1.13 bits per heavy atom. The number of aromatic amines is 1. The molecule has 1 unspecified atom stereocenters. The van der Waals surface area contributed by atoms with Gasteiger partial charge in [-0.3, -0.25) is 0 Å². The van der Waals surface area contributed by atoms with Crippen LogP contribution in [0.25, 0.3) is 0 Å². The molecule has 2 aromatic rings. The Hall–Kier alpha value is -2.53. The summed E-state index contributed by atoms with van der Waals surface area (Å²) in [6.07, 6.45) is -6.53. The molecular formula is C20H23F6N5. The lowest BCUT2D eigenvalue weighted by molar-refractivity contribution is -0.143. The number of hydrazone groups is 1. The Labute approximate surface area is 175 Å².